The van der Waals surface area contributed by atoms with E-state index in [4.69, 9.17) is 4.74 Å². The quantitative estimate of drug-likeness (QED) is 0.835. The van der Waals surface area contributed by atoms with Crippen LogP contribution in [0.15, 0.2) is 34.2 Å². The third-order valence-corrected chi connectivity index (χ3v) is 3.86. The molecule has 7 heteroatoms. The van der Waals surface area contributed by atoms with E-state index >= 15 is 0 Å². The van der Waals surface area contributed by atoms with Crippen molar-refractivity contribution in [3.8, 4) is 5.75 Å². The van der Waals surface area contributed by atoms with Crippen LogP contribution in [0.2, 0.25) is 0 Å². The Morgan fingerprint density at radius 3 is 3.05 bits per heavy atom. The molecule has 0 saturated heterocycles. The molecule has 1 aromatic heterocycles. The van der Waals surface area contributed by atoms with Crippen LogP contribution in [0.1, 0.15) is 5.56 Å². The van der Waals surface area contributed by atoms with E-state index in [0.29, 0.717) is 11.7 Å². The molecule has 106 valence electrons. The van der Waals surface area contributed by atoms with Gasteiger partial charge in [-0.3, -0.25) is 4.79 Å². The SMILES string of the molecule is COc1cccc(CNCC(=O)Nc2ncc(Br)s2)c1. The number of amides is 1. The van der Waals surface area contributed by atoms with Crippen molar-refractivity contribution in [2.75, 3.05) is 19.0 Å². The summed E-state index contributed by atoms with van der Waals surface area (Å²) in [5.41, 5.74) is 1.06. The zero-order valence-corrected chi connectivity index (χ0v) is 13.3. The Morgan fingerprint density at radius 1 is 1.50 bits per heavy atom. The standard InChI is InChI=1S/C13H14BrN3O2S/c1-19-10-4-2-3-9(5-10)6-15-8-12(18)17-13-16-7-11(14)20-13/h2-5,7,15H,6,8H2,1H3,(H,16,17,18). The minimum atomic E-state index is -0.116. The molecule has 2 rings (SSSR count). The topological polar surface area (TPSA) is 63.2 Å². The third kappa shape index (κ3) is 4.59. The Kier molecular flexibility index (Phi) is 5.51. The van der Waals surface area contributed by atoms with Gasteiger partial charge in [0.25, 0.3) is 0 Å². The van der Waals surface area contributed by atoms with Crippen molar-refractivity contribution in [3.63, 3.8) is 0 Å². The molecular weight excluding hydrogens is 342 g/mol. The van der Waals surface area contributed by atoms with Crippen LogP contribution in [-0.4, -0.2) is 24.5 Å². The molecule has 0 aliphatic carbocycles. The second-order valence-corrected chi connectivity index (χ2v) is 6.38. The van der Waals surface area contributed by atoms with Gasteiger partial charge in [0, 0.05) is 6.54 Å². The highest BCUT2D eigenvalue weighted by Crippen LogP contribution is 2.22. The summed E-state index contributed by atoms with van der Waals surface area (Å²) in [5.74, 6) is 0.691. The van der Waals surface area contributed by atoms with Crippen molar-refractivity contribution in [2.45, 2.75) is 6.54 Å². The third-order valence-electron chi connectivity index (χ3n) is 2.47. The second-order valence-electron chi connectivity index (χ2n) is 3.97. The van der Waals surface area contributed by atoms with Gasteiger partial charge in [-0.25, -0.2) is 4.98 Å². The summed E-state index contributed by atoms with van der Waals surface area (Å²) in [6, 6.07) is 7.72. The van der Waals surface area contributed by atoms with Crippen LogP contribution >= 0.6 is 27.3 Å². The molecule has 2 aromatic rings. The normalized spacial score (nSPS) is 10.3. The fourth-order valence-corrected chi connectivity index (χ4v) is 2.70. The number of nitrogens with one attached hydrogen (secondary N) is 2. The first-order valence-corrected chi connectivity index (χ1v) is 7.53. The predicted molar refractivity (Wildman–Crippen MR) is 83.1 cm³/mol. The van der Waals surface area contributed by atoms with Gasteiger partial charge in [0.15, 0.2) is 5.13 Å². The lowest BCUT2D eigenvalue weighted by Crippen LogP contribution is -2.27. The summed E-state index contributed by atoms with van der Waals surface area (Å²) in [6.07, 6.45) is 1.66. The van der Waals surface area contributed by atoms with Crippen molar-refractivity contribution >= 4 is 38.3 Å². The Morgan fingerprint density at radius 2 is 2.35 bits per heavy atom. The fourth-order valence-electron chi connectivity index (χ4n) is 1.58. The number of carbonyl (C=O) groups excluding carboxylic acids is 1. The Balaban J connectivity index is 1.76. The summed E-state index contributed by atoms with van der Waals surface area (Å²) < 4.78 is 6.03. The summed E-state index contributed by atoms with van der Waals surface area (Å²) >= 11 is 4.68. The molecule has 20 heavy (non-hydrogen) atoms. The highest BCUT2D eigenvalue weighted by molar-refractivity contribution is 9.11. The second kappa shape index (κ2) is 7.37. The lowest BCUT2D eigenvalue weighted by Gasteiger charge is -2.06. The number of hydrogen-bond donors (Lipinski definition) is 2. The van der Waals surface area contributed by atoms with Gasteiger partial charge in [0.05, 0.1) is 23.6 Å². The van der Waals surface area contributed by atoms with E-state index in [-0.39, 0.29) is 12.5 Å². The average Bonchev–Trinajstić information content (AvgIpc) is 2.84. The molecule has 0 saturated carbocycles. The maximum atomic E-state index is 11.7. The monoisotopic (exact) mass is 355 g/mol. The molecule has 1 heterocycles. The predicted octanol–water partition coefficient (Wildman–Crippen LogP) is 2.64. The van der Waals surface area contributed by atoms with E-state index in [1.54, 1.807) is 13.3 Å². The van der Waals surface area contributed by atoms with Crippen molar-refractivity contribution in [2.24, 2.45) is 0 Å². The molecule has 0 aliphatic rings. The minimum Gasteiger partial charge on any atom is -0.497 e. The van der Waals surface area contributed by atoms with Gasteiger partial charge in [-0.2, -0.15) is 0 Å². The first kappa shape index (κ1) is 15.0. The van der Waals surface area contributed by atoms with Crippen LogP contribution in [0, 0.1) is 0 Å². The number of nitrogens with zero attached hydrogens (tertiary/aromatic N) is 1. The maximum absolute atomic E-state index is 11.7. The van der Waals surface area contributed by atoms with E-state index in [2.05, 4.69) is 31.5 Å². The van der Waals surface area contributed by atoms with Gasteiger partial charge in [-0.05, 0) is 33.6 Å². The van der Waals surface area contributed by atoms with Gasteiger partial charge in [-0.1, -0.05) is 23.5 Å². The first-order chi connectivity index (χ1) is 9.67. The molecular formula is C13H14BrN3O2S. The molecule has 0 atom stereocenters. The van der Waals surface area contributed by atoms with Crippen LogP contribution < -0.4 is 15.4 Å². The number of carbonyl (C=O) groups is 1. The number of benzene rings is 1. The van der Waals surface area contributed by atoms with E-state index in [1.807, 2.05) is 24.3 Å². The Hall–Kier alpha value is -1.44. The number of rotatable bonds is 6. The number of halogens is 1. The lowest BCUT2D eigenvalue weighted by molar-refractivity contribution is -0.115. The highest BCUT2D eigenvalue weighted by atomic mass is 79.9. The van der Waals surface area contributed by atoms with Crippen LogP contribution in [0.4, 0.5) is 5.13 Å². The zero-order valence-electron chi connectivity index (χ0n) is 10.9. The molecule has 2 N–H and O–H groups in total. The van der Waals surface area contributed by atoms with Crippen LogP contribution in [0.25, 0.3) is 0 Å². The molecule has 1 amide bonds. The molecule has 0 unspecified atom stereocenters. The number of aromatic nitrogens is 1. The maximum Gasteiger partial charge on any atom is 0.240 e. The van der Waals surface area contributed by atoms with Crippen molar-refractivity contribution in [1.29, 1.82) is 0 Å². The van der Waals surface area contributed by atoms with Gasteiger partial charge in [-0.15, -0.1) is 0 Å². The molecule has 0 radical (unpaired) electrons. The van der Waals surface area contributed by atoms with Crippen LogP contribution in [0.5, 0.6) is 5.75 Å². The first-order valence-electron chi connectivity index (χ1n) is 5.92. The fraction of sp³-hybridized carbons (Fsp3) is 0.231. The summed E-state index contributed by atoms with van der Waals surface area (Å²) in [6.45, 7) is 0.834. The molecule has 0 bridgehead atoms. The van der Waals surface area contributed by atoms with Crippen LogP contribution in [-0.2, 0) is 11.3 Å². The highest BCUT2D eigenvalue weighted by Gasteiger charge is 2.05. The van der Waals surface area contributed by atoms with Gasteiger partial charge >= 0.3 is 0 Å². The Labute approximate surface area is 129 Å². The summed E-state index contributed by atoms with van der Waals surface area (Å²) in [7, 11) is 1.63. The number of ether oxygens (including phenoxy) is 1. The van der Waals surface area contributed by atoms with E-state index in [1.165, 1.54) is 11.3 Å². The molecule has 0 aliphatic heterocycles. The molecule has 5 nitrogen and oxygen atoms in total. The number of methoxy groups -OCH3 is 1. The number of anilines is 1. The van der Waals surface area contributed by atoms with E-state index in [9.17, 15) is 4.79 Å². The van der Waals surface area contributed by atoms with E-state index in [0.717, 1.165) is 15.1 Å². The van der Waals surface area contributed by atoms with Gasteiger partial charge in [0.2, 0.25) is 5.91 Å². The Bertz CT molecular complexity index is 589. The van der Waals surface area contributed by atoms with Gasteiger partial charge in [0.1, 0.15) is 5.75 Å². The number of thiazole rings is 1. The van der Waals surface area contributed by atoms with Crippen molar-refractivity contribution in [3.05, 3.63) is 39.8 Å². The van der Waals surface area contributed by atoms with Gasteiger partial charge < -0.3 is 15.4 Å². The smallest absolute Gasteiger partial charge is 0.240 e. The molecule has 0 fully saturated rings. The minimum absolute atomic E-state index is 0.116. The summed E-state index contributed by atoms with van der Waals surface area (Å²) in [5, 5.41) is 6.39. The zero-order chi connectivity index (χ0) is 14.4. The van der Waals surface area contributed by atoms with Crippen molar-refractivity contribution < 1.29 is 9.53 Å². The van der Waals surface area contributed by atoms with E-state index < -0.39 is 0 Å². The average molecular weight is 356 g/mol. The number of hydrogen-bond acceptors (Lipinski definition) is 5. The molecule has 1 aromatic carbocycles. The van der Waals surface area contributed by atoms with Crippen molar-refractivity contribution in [1.82, 2.24) is 10.3 Å². The summed E-state index contributed by atoms with van der Waals surface area (Å²) in [4.78, 5) is 15.7. The lowest BCUT2D eigenvalue weighted by atomic mass is 10.2. The van der Waals surface area contributed by atoms with Crippen LogP contribution in [0.3, 0.4) is 0 Å². The largest absolute Gasteiger partial charge is 0.497 e. The molecule has 0 spiro atoms.